The zero-order valence-electron chi connectivity index (χ0n) is 9.90. The van der Waals surface area contributed by atoms with Crippen molar-refractivity contribution in [3.05, 3.63) is 0 Å². The highest BCUT2D eigenvalue weighted by molar-refractivity contribution is 6.15. The van der Waals surface area contributed by atoms with Crippen LogP contribution in [0.1, 0.15) is 57.8 Å². The summed E-state index contributed by atoms with van der Waals surface area (Å²) in [6.45, 7) is 0.862. The standard InChI is InChI=1S/C6H12.C5H10FN.CH3Cl/c1-2-4-6-5-3-1;6-5-3-1-2-4-7-5;1-2/h1-6H2;5,7H,1-4H2;1H3. The number of alkyl halides is 2. The largest absolute Gasteiger partial charge is 0.288 e. The summed E-state index contributed by atoms with van der Waals surface area (Å²) < 4.78 is 12.1. The summed E-state index contributed by atoms with van der Waals surface area (Å²) in [7, 11) is 0. The molecule has 0 aromatic carbocycles. The molecule has 1 saturated carbocycles. The average Bonchev–Trinajstić information content (AvgIpc) is 2.36. The SMILES string of the molecule is C1CCCCC1.CCl.FC1CCCCN1. The molecule has 1 heterocycles. The number of nitrogens with one attached hydrogen (secondary N) is 1. The Bertz CT molecular complexity index is 101. The number of halogens is 2. The molecule has 0 aromatic rings. The number of piperidine rings is 1. The van der Waals surface area contributed by atoms with E-state index < -0.39 is 6.30 Å². The van der Waals surface area contributed by atoms with Crippen LogP contribution in [0.5, 0.6) is 0 Å². The van der Waals surface area contributed by atoms with Crippen LogP contribution in [0.3, 0.4) is 0 Å². The predicted octanol–water partition coefficient (Wildman–Crippen LogP) is 4.25. The highest BCUT2D eigenvalue weighted by atomic mass is 35.5. The lowest BCUT2D eigenvalue weighted by molar-refractivity contribution is 0.223. The van der Waals surface area contributed by atoms with Crippen LogP contribution in [0.25, 0.3) is 0 Å². The van der Waals surface area contributed by atoms with Gasteiger partial charge in [-0.25, -0.2) is 4.39 Å². The summed E-state index contributed by atoms with van der Waals surface area (Å²) in [4.78, 5) is 0. The van der Waals surface area contributed by atoms with E-state index in [1.165, 1.54) is 44.9 Å². The smallest absolute Gasteiger partial charge is 0.151 e. The van der Waals surface area contributed by atoms with Gasteiger partial charge in [-0.1, -0.05) is 38.5 Å². The molecule has 0 spiro atoms. The third-order valence-corrected chi connectivity index (χ3v) is 2.75. The van der Waals surface area contributed by atoms with E-state index in [4.69, 9.17) is 0 Å². The van der Waals surface area contributed by atoms with Gasteiger partial charge in [0.15, 0.2) is 6.30 Å². The van der Waals surface area contributed by atoms with Gasteiger partial charge in [0, 0.05) is 6.38 Å². The molecule has 3 heteroatoms. The van der Waals surface area contributed by atoms with E-state index in [0.29, 0.717) is 6.42 Å². The fourth-order valence-corrected chi connectivity index (χ4v) is 1.87. The number of hydrogen-bond acceptors (Lipinski definition) is 1. The van der Waals surface area contributed by atoms with Gasteiger partial charge >= 0.3 is 0 Å². The Hall–Kier alpha value is 0.180. The van der Waals surface area contributed by atoms with Crippen LogP contribution in [0.15, 0.2) is 0 Å². The van der Waals surface area contributed by atoms with Crippen molar-refractivity contribution in [3.8, 4) is 0 Å². The fraction of sp³-hybridized carbons (Fsp3) is 1.00. The molecule has 1 aliphatic heterocycles. The zero-order chi connectivity index (χ0) is 11.4. The first-order valence-corrected chi connectivity index (χ1v) is 6.90. The summed E-state index contributed by atoms with van der Waals surface area (Å²) in [6, 6.07) is 0. The second-order valence-corrected chi connectivity index (χ2v) is 4.04. The van der Waals surface area contributed by atoms with Crippen molar-refractivity contribution in [1.82, 2.24) is 5.32 Å². The van der Waals surface area contributed by atoms with Crippen molar-refractivity contribution in [3.63, 3.8) is 0 Å². The van der Waals surface area contributed by atoms with Crippen LogP contribution in [0.2, 0.25) is 0 Å². The molecule has 15 heavy (non-hydrogen) atoms. The first-order valence-electron chi connectivity index (χ1n) is 6.15. The van der Waals surface area contributed by atoms with Crippen LogP contribution in [-0.2, 0) is 0 Å². The van der Waals surface area contributed by atoms with Gasteiger partial charge < -0.3 is 0 Å². The van der Waals surface area contributed by atoms with E-state index >= 15 is 0 Å². The minimum Gasteiger partial charge on any atom is -0.288 e. The molecule has 2 rings (SSSR count). The number of rotatable bonds is 0. The van der Waals surface area contributed by atoms with Gasteiger partial charge in [0.05, 0.1) is 0 Å². The van der Waals surface area contributed by atoms with E-state index in [-0.39, 0.29) is 0 Å². The Morgan fingerprint density at radius 1 is 0.867 bits per heavy atom. The molecule has 0 bridgehead atoms. The average molecular weight is 238 g/mol. The van der Waals surface area contributed by atoms with Gasteiger partial charge in [-0.2, -0.15) is 0 Å². The Kier molecular flexibility index (Phi) is 12.4. The summed E-state index contributed by atoms with van der Waals surface area (Å²) in [5, 5.41) is 2.72. The molecule has 0 aromatic heterocycles. The normalized spacial score (nSPS) is 25.4. The Morgan fingerprint density at radius 3 is 1.53 bits per heavy atom. The summed E-state index contributed by atoms with van der Waals surface area (Å²) >= 11 is 4.64. The summed E-state index contributed by atoms with van der Waals surface area (Å²) in [5.74, 6) is 0. The molecule has 0 radical (unpaired) electrons. The van der Waals surface area contributed by atoms with Crippen LogP contribution < -0.4 is 5.32 Å². The monoisotopic (exact) mass is 237 g/mol. The number of hydrogen-bond donors (Lipinski definition) is 1. The van der Waals surface area contributed by atoms with Gasteiger partial charge in [0.2, 0.25) is 0 Å². The Balaban J connectivity index is 0.000000227. The van der Waals surface area contributed by atoms with E-state index in [0.717, 1.165) is 19.4 Å². The molecule has 92 valence electrons. The minimum atomic E-state index is -0.714. The topological polar surface area (TPSA) is 12.0 Å². The molecule has 2 aliphatic rings. The molecule has 1 unspecified atom stereocenters. The van der Waals surface area contributed by atoms with Gasteiger partial charge in [-0.05, 0) is 25.8 Å². The minimum absolute atomic E-state index is 0.708. The van der Waals surface area contributed by atoms with Crippen molar-refractivity contribution in [2.45, 2.75) is 64.1 Å². The van der Waals surface area contributed by atoms with Crippen molar-refractivity contribution in [2.24, 2.45) is 0 Å². The lowest BCUT2D eigenvalue weighted by Crippen LogP contribution is -2.29. The molecular formula is C12H25ClFN. The van der Waals surface area contributed by atoms with E-state index in [2.05, 4.69) is 16.9 Å². The van der Waals surface area contributed by atoms with Crippen LogP contribution in [0.4, 0.5) is 4.39 Å². The first kappa shape index (κ1) is 15.2. The lowest BCUT2D eigenvalue weighted by Gasteiger charge is -2.14. The third kappa shape index (κ3) is 10.5. The van der Waals surface area contributed by atoms with E-state index in [1.807, 2.05) is 0 Å². The zero-order valence-corrected chi connectivity index (χ0v) is 10.7. The van der Waals surface area contributed by atoms with Crippen LogP contribution in [-0.4, -0.2) is 19.2 Å². The lowest BCUT2D eigenvalue weighted by atomic mass is 10.0. The molecule has 1 atom stereocenters. The quantitative estimate of drug-likeness (QED) is 0.491. The molecule has 1 nitrogen and oxygen atoms in total. The van der Waals surface area contributed by atoms with Crippen LogP contribution in [0, 0.1) is 0 Å². The third-order valence-electron chi connectivity index (χ3n) is 2.75. The first-order chi connectivity index (χ1) is 7.39. The molecule has 0 amide bonds. The van der Waals surface area contributed by atoms with Gasteiger partial charge in [-0.3, -0.25) is 5.32 Å². The fourth-order valence-electron chi connectivity index (χ4n) is 1.87. The molecule has 1 N–H and O–H groups in total. The highest BCUT2D eigenvalue weighted by Crippen LogP contribution is 2.15. The predicted molar refractivity (Wildman–Crippen MR) is 66.2 cm³/mol. The van der Waals surface area contributed by atoms with Crippen molar-refractivity contribution in [1.29, 1.82) is 0 Å². The summed E-state index contributed by atoms with van der Waals surface area (Å²) in [6.07, 6.45) is 12.7. The van der Waals surface area contributed by atoms with Crippen molar-refractivity contribution < 1.29 is 4.39 Å². The van der Waals surface area contributed by atoms with Gasteiger partial charge in [0.1, 0.15) is 0 Å². The second kappa shape index (κ2) is 12.3. The van der Waals surface area contributed by atoms with E-state index in [1.54, 1.807) is 0 Å². The Morgan fingerprint density at radius 2 is 1.33 bits per heavy atom. The maximum absolute atomic E-state index is 12.1. The Labute approximate surface area is 98.8 Å². The second-order valence-electron chi connectivity index (χ2n) is 4.04. The maximum Gasteiger partial charge on any atom is 0.151 e. The van der Waals surface area contributed by atoms with Crippen molar-refractivity contribution in [2.75, 3.05) is 12.9 Å². The van der Waals surface area contributed by atoms with E-state index in [9.17, 15) is 4.39 Å². The highest BCUT2D eigenvalue weighted by Gasteiger charge is 2.08. The molecule has 1 aliphatic carbocycles. The molecular weight excluding hydrogens is 213 g/mol. The van der Waals surface area contributed by atoms with Gasteiger partial charge in [-0.15, -0.1) is 11.6 Å². The molecule has 1 saturated heterocycles. The van der Waals surface area contributed by atoms with Crippen molar-refractivity contribution >= 4 is 11.6 Å². The van der Waals surface area contributed by atoms with Crippen LogP contribution >= 0.6 is 11.6 Å². The molecule has 2 fully saturated rings. The summed E-state index contributed by atoms with van der Waals surface area (Å²) in [5.41, 5.74) is 0. The van der Waals surface area contributed by atoms with Gasteiger partial charge in [0.25, 0.3) is 0 Å². The maximum atomic E-state index is 12.1.